The molecule has 1 aromatic rings. The lowest BCUT2D eigenvalue weighted by molar-refractivity contribution is -0.132. The number of hydrogen-bond donors (Lipinski definition) is 0. The van der Waals surface area contributed by atoms with Gasteiger partial charge < -0.3 is 9.32 Å². The van der Waals surface area contributed by atoms with Crippen LogP contribution in [0.15, 0.2) is 22.8 Å². The van der Waals surface area contributed by atoms with E-state index in [1.54, 1.807) is 12.1 Å². The van der Waals surface area contributed by atoms with Gasteiger partial charge in [0.15, 0.2) is 5.76 Å². The van der Waals surface area contributed by atoms with E-state index in [1.165, 1.54) is 6.26 Å². The first kappa shape index (κ1) is 12.8. The number of hydrogen-bond acceptors (Lipinski definition) is 4. The molecule has 0 radical (unpaired) electrons. The van der Waals surface area contributed by atoms with Crippen LogP contribution in [0, 0.1) is 0 Å². The van der Waals surface area contributed by atoms with Crippen LogP contribution in [0.1, 0.15) is 23.9 Å². The van der Waals surface area contributed by atoms with Crippen molar-refractivity contribution in [1.29, 1.82) is 0 Å². The van der Waals surface area contributed by atoms with Gasteiger partial charge in [-0.05, 0) is 12.1 Å². The molecule has 1 aliphatic rings. The Balaban J connectivity index is 1.80. The molecule has 5 heteroatoms. The van der Waals surface area contributed by atoms with Gasteiger partial charge in [0.2, 0.25) is 11.7 Å². The molecule has 2 heterocycles. The average Bonchev–Trinajstić information content (AvgIpc) is 2.92. The van der Waals surface area contributed by atoms with Gasteiger partial charge >= 0.3 is 0 Å². The predicted molar refractivity (Wildman–Crippen MR) is 66.3 cm³/mol. The third kappa shape index (κ3) is 2.98. The number of carbonyl (C=O) groups excluding carboxylic acids is 2. The highest BCUT2D eigenvalue weighted by molar-refractivity contribution is 5.95. The van der Waals surface area contributed by atoms with Crippen molar-refractivity contribution in [3.63, 3.8) is 0 Å². The topological polar surface area (TPSA) is 53.8 Å². The van der Waals surface area contributed by atoms with Crippen molar-refractivity contribution in [3.05, 3.63) is 24.2 Å². The zero-order valence-corrected chi connectivity index (χ0v) is 10.6. The molecule has 5 nitrogen and oxygen atoms in total. The maximum absolute atomic E-state index is 11.8. The summed E-state index contributed by atoms with van der Waals surface area (Å²) in [5.41, 5.74) is 0. The third-order valence-corrected chi connectivity index (χ3v) is 3.19. The lowest BCUT2D eigenvalue weighted by Crippen LogP contribution is -2.49. The van der Waals surface area contributed by atoms with Gasteiger partial charge in [-0.2, -0.15) is 0 Å². The molecule has 1 aliphatic heterocycles. The van der Waals surface area contributed by atoms with E-state index in [0.717, 1.165) is 13.1 Å². The fourth-order valence-corrected chi connectivity index (χ4v) is 2.10. The fourth-order valence-electron chi connectivity index (χ4n) is 2.10. The summed E-state index contributed by atoms with van der Waals surface area (Å²) < 4.78 is 5.07. The van der Waals surface area contributed by atoms with Crippen LogP contribution in [0.25, 0.3) is 0 Å². The summed E-state index contributed by atoms with van der Waals surface area (Å²) in [6, 6.07) is 3.39. The number of ketones is 1. The van der Waals surface area contributed by atoms with Gasteiger partial charge in [-0.3, -0.25) is 14.5 Å². The highest BCUT2D eigenvalue weighted by Gasteiger charge is 2.22. The molecule has 2 rings (SSSR count). The Morgan fingerprint density at radius 3 is 2.56 bits per heavy atom. The van der Waals surface area contributed by atoms with E-state index in [1.807, 2.05) is 11.8 Å². The van der Waals surface area contributed by atoms with Crippen LogP contribution in [0.3, 0.4) is 0 Å². The number of nitrogens with zero attached hydrogens (tertiary/aromatic N) is 2. The van der Waals surface area contributed by atoms with E-state index < -0.39 is 0 Å². The summed E-state index contributed by atoms with van der Waals surface area (Å²) >= 11 is 0. The maximum Gasteiger partial charge on any atom is 0.222 e. The Morgan fingerprint density at radius 2 is 2.00 bits per heavy atom. The van der Waals surface area contributed by atoms with Crippen LogP contribution in [0.2, 0.25) is 0 Å². The molecular weight excluding hydrogens is 232 g/mol. The van der Waals surface area contributed by atoms with Crippen molar-refractivity contribution in [1.82, 2.24) is 9.80 Å². The molecule has 18 heavy (non-hydrogen) atoms. The molecule has 0 unspecified atom stereocenters. The van der Waals surface area contributed by atoms with Gasteiger partial charge in [-0.15, -0.1) is 0 Å². The molecule has 0 aromatic carbocycles. The minimum absolute atomic E-state index is 0.00438. The van der Waals surface area contributed by atoms with Crippen molar-refractivity contribution in [2.24, 2.45) is 0 Å². The normalized spacial score (nSPS) is 16.8. The zero-order valence-electron chi connectivity index (χ0n) is 10.6. The van der Waals surface area contributed by atoms with Crippen LogP contribution < -0.4 is 0 Å². The van der Waals surface area contributed by atoms with Gasteiger partial charge in [-0.25, -0.2) is 0 Å². The Hall–Kier alpha value is -1.62. The van der Waals surface area contributed by atoms with Gasteiger partial charge in [0, 0.05) is 32.6 Å². The number of rotatable bonds is 4. The van der Waals surface area contributed by atoms with Gasteiger partial charge in [0.1, 0.15) is 0 Å². The first-order valence-electron chi connectivity index (χ1n) is 6.27. The monoisotopic (exact) mass is 250 g/mol. The smallest absolute Gasteiger partial charge is 0.222 e. The standard InChI is InChI=1S/C13H18N2O3/c1-2-13(17)15-7-5-14(6-8-15)10-11(16)12-4-3-9-18-12/h3-4,9H,2,5-8,10H2,1H3. The van der Waals surface area contributed by atoms with Crippen LogP contribution in [-0.4, -0.2) is 54.2 Å². The maximum atomic E-state index is 11.8. The summed E-state index contributed by atoms with van der Waals surface area (Å²) in [5, 5.41) is 0. The lowest BCUT2D eigenvalue weighted by atomic mass is 10.2. The average molecular weight is 250 g/mol. The molecule has 0 aliphatic carbocycles. The van der Waals surface area contributed by atoms with Crippen LogP contribution in [0.4, 0.5) is 0 Å². The SMILES string of the molecule is CCC(=O)N1CCN(CC(=O)c2ccco2)CC1. The number of furan rings is 1. The molecule has 1 amide bonds. The predicted octanol–water partition coefficient (Wildman–Crippen LogP) is 1.02. The Bertz CT molecular complexity index is 406. The number of amides is 1. The number of Topliss-reactive ketones (excluding diaryl/α,β-unsaturated/α-hetero) is 1. The van der Waals surface area contributed by atoms with Crippen LogP contribution in [0.5, 0.6) is 0 Å². The second-order valence-corrected chi connectivity index (χ2v) is 4.41. The van der Waals surface area contributed by atoms with Gasteiger partial charge in [-0.1, -0.05) is 6.92 Å². The molecule has 0 N–H and O–H groups in total. The molecule has 1 aromatic heterocycles. The van der Waals surface area contributed by atoms with Crippen LogP contribution in [-0.2, 0) is 4.79 Å². The lowest BCUT2D eigenvalue weighted by Gasteiger charge is -2.34. The van der Waals surface area contributed by atoms with E-state index in [2.05, 4.69) is 4.90 Å². The second-order valence-electron chi connectivity index (χ2n) is 4.41. The zero-order chi connectivity index (χ0) is 13.0. The summed E-state index contributed by atoms with van der Waals surface area (Å²) in [4.78, 5) is 27.3. The second kappa shape index (κ2) is 5.82. The molecule has 98 valence electrons. The van der Waals surface area contributed by atoms with Crippen molar-refractivity contribution in [2.75, 3.05) is 32.7 Å². The van der Waals surface area contributed by atoms with E-state index in [0.29, 0.717) is 31.8 Å². The van der Waals surface area contributed by atoms with Crippen molar-refractivity contribution < 1.29 is 14.0 Å². The number of carbonyl (C=O) groups is 2. The third-order valence-electron chi connectivity index (χ3n) is 3.19. The molecule has 0 bridgehead atoms. The van der Waals surface area contributed by atoms with Crippen molar-refractivity contribution in [3.8, 4) is 0 Å². The molecule has 0 atom stereocenters. The van der Waals surface area contributed by atoms with Gasteiger partial charge in [0.25, 0.3) is 0 Å². The quantitative estimate of drug-likeness (QED) is 0.749. The molecule has 0 saturated carbocycles. The van der Waals surface area contributed by atoms with E-state index >= 15 is 0 Å². The van der Waals surface area contributed by atoms with Crippen LogP contribution >= 0.6 is 0 Å². The Morgan fingerprint density at radius 1 is 1.28 bits per heavy atom. The summed E-state index contributed by atoms with van der Waals surface area (Å²) in [6.07, 6.45) is 2.05. The molecule has 1 fully saturated rings. The van der Waals surface area contributed by atoms with E-state index in [4.69, 9.17) is 4.42 Å². The largest absolute Gasteiger partial charge is 0.461 e. The molecular formula is C13H18N2O3. The summed E-state index contributed by atoms with van der Waals surface area (Å²) in [5.74, 6) is 0.587. The van der Waals surface area contributed by atoms with Crippen molar-refractivity contribution in [2.45, 2.75) is 13.3 Å². The molecule has 1 saturated heterocycles. The summed E-state index contributed by atoms with van der Waals surface area (Å²) in [7, 11) is 0. The highest BCUT2D eigenvalue weighted by atomic mass is 16.3. The van der Waals surface area contributed by atoms with Crippen molar-refractivity contribution >= 4 is 11.7 Å². The minimum Gasteiger partial charge on any atom is -0.461 e. The fraction of sp³-hybridized carbons (Fsp3) is 0.538. The Labute approximate surface area is 106 Å². The van der Waals surface area contributed by atoms with E-state index in [-0.39, 0.29) is 11.7 Å². The van der Waals surface area contributed by atoms with E-state index in [9.17, 15) is 9.59 Å². The summed E-state index contributed by atoms with van der Waals surface area (Å²) in [6.45, 7) is 5.14. The molecule has 0 spiro atoms. The highest BCUT2D eigenvalue weighted by Crippen LogP contribution is 2.07. The minimum atomic E-state index is -0.00438. The first-order valence-corrected chi connectivity index (χ1v) is 6.27. The first-order chi connectivity index (χ1) is 8.70. The number of piperazine rings is 1. The Kier molecular flexibility index (Phi) is 4.15. The van der Waals surface area contributed by atoms with Gasteiger partial charge in [0.05, 0.1) is 12.8 Å².